The highest BCUT2D eigenvalue weighted by Gasteiger charge is 2.36. The monoisotopic (exact) mass is 308 g/mol. The van der Waals surface area contributed by atoms with Crippen LogP contribution in [0.1, 0.15) is 18.9 Å². The van der Waals surface area contributed by atoms with Crippen LogP contribution >= 0.6 is 0 Å². The first-order valence-electron chi connectivity index (χ1n) is 7.33. The molecule has 1 heterocycles. The Bertz CT molecular complexity index is 528. The van der Waals surface area contributed by atoms with E-state index in [0.29, 0.717) is 12.8 Å². The van der Waals surface area contributed by atoms with Gasteiger partial charge in [-0.3, -0.25) is 0 Å². The molecule has 0 spiro atoms. The van der Waals surface area contributed by atoms with Gasteiger partial charge in [-0.25, -0.2) is 0 Å². The molecule has 5 nitrogen and oxygen atoms in total. The summed E-state index contributed by atoms with van der Waals surface area (Å²) in [6, 6.07) is 5.65. The fourth-order valence-electron chi connectivity index (χ4n) is 2.58. The summed E-state index contributed by atoms with van der Waals surface area (Å²) in [6.45, 7) is 1.85. The van der Waals surface area contributed by atoms with Gasteiger partial charge in [0.2, 0.25) is 0 Å². The molecule has 0 fully saturated rings. The Morgan fingerprint density at radius 3 is 2.59 bits per heavy atom. The second-order valence-corrected chi connectivity index (χ2v) is 5.41. The molecule has 0 saturated carbocycles. The third-order valence-corrected chi connectivity index (χ3v) is 4.10. The topological polar surface area (TPSA) is 57.2 Å². The molecule has 22 heavy (non-hydrogen) atoms. The molecular formula is C17H24O5. The van der Waals surface area contributed by atoms with Gasteiger partial charge in [-0.2, -0.15) is 0 Å². The van der Waals surface area contributed by atoms with Gasteiger partial charge in [-0.05, 0) is 55.7 Å². The van der Waals surface area contributed by atoms with E-state index in [1.165, 1.54) is 0 Å². The van der Waals surface area contributed by atoms with Gasteiger partial charge in [-0.15, -0.1) is 0 Å². The van der Waals surface area contributed by atoms with Gasteiger partial charge in [0.25, 0.3) is 0 Å². The van der Waals surface area contributed by atoms with Crippen molar-refractivity contribution >= 4 is 0 Å². The number of aryl methyl sites for hydroxylation is 1. The summed E-state index contributed by atoms with van der Waals surface area (Å²) in [5, 5.41) is 10.8. The van der Waals surface area contributed by atoms with E-state index in [2.05, 4.69) is 0 Å². The van der Waals surface area contributed by atoms with Crippen LogP contribution in [0.15, 0.2) is 30.4 Å². The van der Waals surface area contributed by atoms with Crippen molar-refractivity contribution in [2.45, 2.75) is 37.8 Å². The standard InChI is InChI=1S/C17H24O5/c1-12-17(18,10-8-16(21-4)22-12)9-7-13-11-14(19-2)5-6-15(13)20-3/h5-6,8,10-12,16,18H,7,9H2,1-4H3/t12-,16+,17+/m0/s1. The molecule has 0 radical (unpaired) electrons. The summed E-state index contributed by atoms with van der Waals surface area (Å²) >= 11 is 0. The van der Waals surface area contributed by atoms with E-state index in [4.69, 9.17) is 18.9 Å². The van der Waals surface area contributed by atoms with Crippen LogP contribution in [0.3, 0.4) is 0 Å². The minimum Gasteiger partial charge on any atom is -0.497 e. The smallest absolute Gasteiger partial charge is 0.177 e. The van der Waals surface area contributed by atoms with E-state index < -0.39 is 11.9 Å². The number of hydrogen-bond acceptors (Lipinski definition) is 5. The summed E-state index contributed by atoms with van der Waals surface area (Å²) in [7, 11) is 4.84. The molecule has 0 aliphatic carbocycles. The molecule has 0 amide bonds. The van der Waals surface area contributed by atoms with Crippen molar-refractivity contribution in [3.8, 4) is 11.5 Å². The Morgan fingerprint density at radius 2 is 2.00 bits per heavy atom. The number of benzene rings is 1. The Kier molecular flexibility index (Phi) is 5.45. The first kappa shape index (κ1) is 16.8. The maximum Gasteiger partial charge on any atom is 0.177 e. The van der Waals surface area contributed by atoms with E-state index in [9.17, 15) is 5.11 Å². The highest BCUT2D eigenvalue weighted by molar-refractivity contribution is 5.40. The highest BCUT2D eigenvalue weighted by atomic mass is 16.7. The van der Waals surface area contributed by atoms with Gasteiger partial charge < -0.3 is 24.1 Å². The molecule has 1 aromatic carbocycles. The molecule has 3 atom stereocenters. The molecule has 122 valence electrons. The van der Waals surface area contributed by atoms with E-state index in [0.717, 1.165) is 17.1 Å². The SMILES string of the molecule is COc1ccc(OC)c(CC[C@@]2(O)C=C[C@H](OC)O[C@H]2C)c1. The molecule has 5 heteroatoms. The minimum atomic E-state index is -1.02. The van der Waals surface area contributed by atoms with E-state index in [1.807, 2.05) is 25.1 Å². The molecule has 0 saturated heterocycles. The Morgan fingerprint density at radius 1 is 1.23 bits per heavy atom. The summed E-state index contributed by atoms with van der Waals surface area (Å²) in [5.41, 5.74) is -0.0342. The largest absolute Gasteiger partial charge is 0.497 e. The number of methoxy groups -OCH3 is 3. The molecule has 2 rings (SSSR count). The van der Waals surface area contributed by atoms with Crippen molar-refractivity contribution < 1.29 is 24.1 Å². The molecule has 0 bridgehead atoms. The van der Waals surface area contributed by atoms with Gasteiger partial charge in [0.1, 0.15) is 17.1 Å². The summed E-state index contributed by atoms with van der Waals surface area (Å²) in [5.74, 6) is 1.55. The zero-order valence-electron chi connectivity index (χ0n) is 13.5. The first-order chi connectivity index (χ1) is 10.5. The highest BCUT2D eigenvalue weighted by Crippen LogP contribution is 2.31. The fourth-order valence-corrected chi connectivity index (χ4v) is 2.58. The van der Waals surface area contributed by atoms with Crippen molar-refractivity contribution in [3.63, 3.8) is 0 Å². The number of rotatable bonds is 6. The van der Waals surface area contributed by atoms with Gasteiger partial charge in [0, 0.05) is 7.11 Å². The summed E-state index contributed by atoms with van der Waals surface area (Å²) < 4.78 is 21.4. The normalized spacial score (nSPS) is 27.7. The average Bonchev–Trinajstić information content (AvgIpc) is 2.55. The predicted molar refractivity (Wildman–Crippen MR) is 83.3 cm³/mol. The van der Waals surface area contributed by atoms with Crippen molar-refractivity contribution in [2.75, 3.05) is 21.3 Å². The van der Waals surface area contributed by atoms with Gasteiger partial charge in [0.05, 0.1) is 20.3 Å². The molecule has 1 aromatic rings. The van der Waals surface area contributed by atoms with Crippen LogP contribution in [0.4, 0.5) is 0 Å². The van der Waals surface area contributed by atoms with Crippen LogP contribution in [-0.4, -0.2) is 44.4 Å². The number of hydrogen-bond donors (Lipinski definition) is 1. The second-order valence-electron chi connectivity index (χ2n) is 5.41. The first-order valence-corrected chi connectivity index (χ1v) is 7.33. The van der Waals surface area contributed by atoms with Gasteiger partial charge in [0.15, 0.2) is 6.29 Å². The zero-order chi connectivity index (χ0) is 16.2. The Hall–Kier alpha value is -1.56. The molecular weight excluding hydrogens is 284 g/mol. The lowest BCUT2D eigenvalue weighted by Crippen LogP contribution is -2.46. The quantitative estimate of drug-likeness (QED) is 0.817. The van der Waals surface area contributed by atoms with Crippen molar-refractivity contribution in [1.82, 2.24) is 0 Å². The van der Waals surface area contributed by atoms with Crippen molar-refractivity contribution in [3.05, 3.63) is 35.9 Å². The van der Waals surface area contributed by atoms with Crippen LogP contribution in [0, 0.1) is 0 Å². The second kappa shape index (κ2) is 7.13. The predicted octanol–water partition coefficient (Wildman–Crippen LogP) is 2.31. The van der Waals surface area contributed by atoms with E-state index >= 15 is 0 Å². The van der Waals surface area contributed by atoms with Crippen LogP contribution in [0.25, 0.3) is 0 Å². The van der Waals surface area contributed by atoms with E-state index in [-0.39, 0.29) is 6.10 Å². The lowest BCUT2D eigenvalue weighted by atomic mass is 9.88. The number of ether oxygens (including phenoxy) is 4. The molecule has 0 unspecified atom stereocenters. The third kappa shape index (κ3) is 3.61. The van der Waals surface area contributed by atoms with Crippen LogP contribution < -0.4 is 9.47 Å². The Balaban J connectivity index is 2.12. The summed E-state index contributed by atoms with van der Waals surface area (Å²) in [4.78, 5) is 0. The van der Waals surface area contributed by atoms with Crippen LogP contribution in [0.5, 0.6) is 11.5 Å². The molecule has 1 aliphatic heterocycles. The van der Waals surface area contributed by atoms with Gasteiger partial charge >= 0.3 is 0 Å². The Labute approximate surface area is 131 Å². The third-order valence-electron chi connectivity index (χ3n) is 4.10. The minimum absolute atomic E-state index is 0.348. The fraction of sp³-hybridized carbons (Fsp3) is 0.529. The molecule has 1 N–H and O–H groups in total. The number of aliphatic hydroxyl groups is 1. The molecule has 0 aromatic heterocycles. The maximum atomic E-state index is 10.8. The lowest BCUT2D eigenvalue weighted by Gasteiger charge is -2.36. The lowest BCUT2D eigenvalue weighted by molar-refractivity contribution is -0.181. The van der Waals surface area contributed by atoms with E-state index in [1.54, 1.807) is 33.5 Å². The molecule has 1 aliphatic rings. The average molecular weight is 308 g/mol. The van der Waals surface area contributed by atoms with Gasteiger partial charge in [-0.1, -0.05) is 0 Å². The maximum absolute atomic E-state index is 10.8. The summed E-state index contributed by atoms with van der Waals surface area (Å²) in [6.07, 6.45) is 3.92. The van der Waals surface area contributed by atoms with Crippen molar-refractivity contribution in [2.24, 2.45) is 0 Å². The zero-order valence-corrected chi connectivity index (χ0v) is 13.5. The van der Waals surface area contributed by atoms with Crippen LogP contribution in [-0.2, 0) is 15.9 Å². The van der Waals surface area contributed by atoms with Crippen LogP contribution in [0.2, 0.25) is 0 Å². The van der Waals surface area contributed by atoms with Crippen molar-refractivity contribution in [1.29, 1.82) is 0 Å².